The Bertz CT molecular complexity index is 1570. The Morgan fingerprint density at radius 1 is 1.23 bits per heavy atom. The van der Waals surface area contributed by atoms with Gasteiger partial charge in [0.2, 0.25) is 11.2 Å². The topological polar surface area (TPSA) is 91.3 Å². The summed E-state index contributed by atoms with van der Waals surface area (Å²) in [6.45, 7) is 10.2. The number of pyridine rings is 1. The molecule has 1 aromatic heterocycles. The number of nitrogens with zero attached hydrogens (tertiary/aromatic N) is 2. The van der Waals surface area contributed by atoms with Gasteiger partial charge in [-0.3, -0.25) is 14.3 Å². The standard InChI is InChI=1S/C16H19N3O5.C15H14F2S.C2H6O.C2H2/c1-4-10(2)23-11(3)24-15-12(20)5-6-19-14(15)16(21)18-7-8-22-9-13(18)17-19;16-13-6-3-5-10-8-11-4-1-2-7-14(11)18-9-12(10)15(13)17;1-3-2;1-2/h4-6,10,13,17H,1,3,7-9H2,2H3;1,3-4,6H,2,5,7-9H2;1-2H3;1-2H/t10-,13-;;;/m0.../s1. The SMILES string of the molecule is C#C.C=C[C@H](C)OC(=C)Oc1c2n(ccc1=O)N[C@@H]1COCCN1C2=O.COC.FC1=C(F)C2=C(CC=C1)CC1=C(CCC=C1)SC2. The molecular formula is C35H41F2N3O6S. The van der Waals surface area contributed by atoms with Gasteiger partial charge in [0.1, 0.15) is 12.3 Å². The van der Waals surface area contributed by atoms with Crippen LogP contribution in [0.25, 0.3) is 0 Å². The highest BCUT2D eigenvalue weighted by Gasteiger charge is 2.37. The number of halogens is 2. The average Bonchev–Trinajstić information content (AvgIpc) is 3.34. The first-order valence-electron chi connectivity index (χ1n) is 14.9. The zero-order valence-electron chi connectivity index (χ0n) is 26.9. The number of ether oxygens (including phenoxy) is 4. The molecule has 252 valence electrons. The minimum Gasteiger partial charge on any atom is -0.458 e. The second-order valence-corrected chi connectivity index (χ2v) is 11.7. The molecule has 0 aromatic carbocycles. The summed E-state index contributed by atoms with van der Waals surface area (Å²) in [4.78, 5) is 28.0. The van der Waals surface area contributed by atoms with Crippen LogP contribution in [-0.4, -0.2) is 67.5 Å². The highest BCUT2D eigenvalue weighted by atomic mass is 32.2. The van der Waals surface area contributed by atoms with Gasteiger partial charge < -0.3 is 29.3 Å². The molecule has 0 radical (unpaired) electrons. The first-order valence-corrected chi connectivity index (χ1v) is 15.9. The number of allylic oxidation sites excluding steroid dienone is 9. The van der Waals surface area contributed by atoms with E-state index in [-0.39, 0.29) is 35.6 Å². The van der Waals surface area contributed by atoms with E-state index in [1.165, 1.54) is 33.5 Å². The minimum atomic E-state index is -0.726. The quantitative estimate of drug-likeness (QED) is 0.222. The molecule has 1 saturated heterocycles. The third kappa shape index (κ3) is 9.38. The number of nitrogens with one attached hydrogen (secondary N) is 1. The molecule has 2 atom stereocenters. The summed E-state index contributed by atoms with van der Waals surface area (Å²) in [6, 6.07) is 1.31. The Labute approximate surface area is 278 Å². The maximum absolute atomic E-state index is 14.0. The minimum absolute atomic E-state index is 0.0783. The third-order valence-corrected chi connectivity index (χ3v) is 8.59. The normalized spacial score (nSPS) is 19.9. The molecule has 3 aliphatic heterocycles. The van der Waals surface area contributed by atoms with Crippen molar-refractivity contribution in [3.8, 4) is 18.6 Å². The number of morpholine rings is 1. The van der Waals surface area contributed by atoms with E-state index in [4.69, 9.17) is 14.2 Å². The van der Waals surface area contributed by atoms with Crippen LogP contribution in [0.2, 0.25) is 0 Å². The number of carbonyl (C=O) groups is 1. The second kappa shape index (κ2) is 18.1. The molecule has 5 aliphatic rings. The van der Waals surface area contributed by atoms with E-state index < -0.39 is 17.1 Å². The maximum Gasteiger partial charge on any atom is 0.278 e. The first kappa shape index (κ1) is 37.2. The monoisotopic (exact) mass is 669 g/mol. The molecule has 47 heavy (non-hydrogen) atoms. The van der Waals surface area contributed by atoms with Crippen LogP contribution in [-0.2, 0) is 14.2 Å². The third-order valence-electron chi connectivity index (χ3n) is 7.34. The zero-order valence-corrected chi connectivity index (χ0v) is 27.7. The number of aromatic nitrogens is 1. The summed E-state index contributed by atoms with van der Waals surface area (Å²) in [5.41, 5.74) is 5.68. The van der Waals surface area contributed by atoms with Crippen LogP contribution >= 0.6 is 11.8 Å². The lowest BCUT2D eigenvalue weighted by Gasteiger charge is -2.41. The molecule has 12 heteroatoms. The van der Waals surface area contributed by atoms with Gasteiger partial charge in [-0.2, -0.15) is 0 Å². The lowest BCUT2D eigenvalue weighted by molar-refractivity contribution is -0.00348. The fourth-order valence-electron chi connectivity index (χ4n) is 5.12. The van der Waals surface area contributed by atoms with E-state index in [1.807, 2.05) is 0 Å². The largest absolute Gasteiger partial charge is 0.458 e. The smallest absolute Gasteiger partial charge is 0.278 e. The number of hydrogen-bond donors (Lipinski definition) is 1. The van der Waals surface area contributed by atoms with E-state index in [0.29, 0.717) is 37.5 Å². The Morgan fingerprint density at radius 3 is 2.70 bits per heavy atom. The summed E-state index contributed by atoms with van der Waals surface area (Å²) in [6.07, 6.45) is 21.2. The van der Waals surface area contributed by atoms with Gasteiger partial charge in [0.05, 0.1) is 13.2 Å². The first-order chi connectivity index (χ1) is 22.7. The average molecular weight is 670 g/mol. The maximum atomic E-state index is 14.0. The van der Waals surface area contributed by atoms with E-state index in [1.54, 1.807) is 50.0 Å². The predicted molar refractivity (Wildman–Crippen MR) is 182 cm³/mol. The highest BCUT2D eigenvalue weighted by Crippen LogP contribution is 2.42. The molecule has 2 aliphatic carbocycles. The van der Waals surface area contributed by atoms with Gasteiger partial charge in [-0.05, 0) is 55.7 Å². The zero-order chi connectivity index (χ0) is 34.5. The number of hydrogen-bond acceptors (Lipinski definition) is 8. The van der Waals surface area contributed by atoms with Gasteiger partial charge in [0.25, 0.3) is 11.9 Å². The van der Waals surface area contributed by atoms with Crippen LogP contribution in [0.5, 0.6) is 5.75 Å². The lowest BCUT2D eigenvalue weighted by Crippen LogP contribution is -2.59. The summed E-state index contributed by atoms with van der Waals surface area (Å²) < 4.78 is 49.3. The van der Waals surface area contributed by atoms with Gasteiger partial charge in [-0.1, -0.05) is 36.5 Å². The molecule has 1 N–H and O–H groups in total. The number of terminal acetylenes is 1. The van der Waals surface area contributed by atoms with Crippen LogP contribution in [0, 0.1) is 12.8 Å². The number of thioether (sulfide) groups is 1. The van der Waals surface area contributed by atoms with E-state index in [9.17, 15) is 18.4 Å². The van der Waals surface area contributed by atoms with Crippen molar-refractivity contribution in [3.05, 3.63) is 111 Å². The molecule has 6 rings (SSSR count). The van der Waals surface area contributed by atoms with Crippen LogP contribution < -0.4 is 15.6 Å². The van der Waals surface area contributed by atoms with Crippen molar-refractivity contribution < 1.29 is 32.5 Å². The second-order valence-electron chi connectivity index (χ2n) is 10.6. The van der Waals surface area contributed by atoms with E-state index >= 15 is 0 Å². The Morgan fingerprint density at radius 2 is 1.98 bits per heavy atom. The molecule has 0 bridgehead atoms. The lowest BCUT2D eigenvalue weighted by atomic mass is 9.95. The highest BCUT2D eigenvalue weighted by molar-refractivity contribution is 8.03. The van der Waals surface area contributed by atoms with Crippen molar-refractivity contribution in [3.63, 3.8) is 0 Å². The Kier molecular flexibility index (Phi) is 14.3. The van der Waals surface area contributed by atoms with Gasteiger partial charge >= 0.3 is 0 Å². The number of carbonyl (C=O) groups excluding carboxylic acids is 1. The van der Waals surface area contributed by atoms with E-state index in [0.717, 1.165) is 24.8 Å². The number of amides is 1. The fraction of sp³-hybridized carbons (Fsp3) is 0.371. The van der Waals surface area contributed by atoms with Gasteiger partial charge in [0, 0.05) is 44.4 Å². The fourth-order valence-corrected chi connectivity index (χ4v) is 6.36. The van der Waals surface area contributed by atoms with Crippen LogP contribution in [0.3, 0.4) is 0 Å². The summed E-state index contributed by atoms with van der Waals surface area (Å²) >= 11 is 1.67. The van der Waals surface area contributed by atoms with Crippen LogP contribution in [0.4, 0.5) is 8.78 Å². The number of rotatable bonds is 5. The molecular weight excluding hydrogens is 628 g/mol. The van der Waals surface area contributed by atoms with Crippen molar-refractivity contribution in [1.82, 2.24) is 9.58 Å². The van der Waals surface area contributed by atoms with Crippen molar-refractivity contribution in [2.45, 2.75) is 44.9 Å². The molecule has 0 saturated carbocycles. The molecule has 1 amide bonds. The van der Waals surface area contributed by atoms with Gasteiger partial charge in [-0.25, -0.2) is 8.78 Å². The summed E-state index contributed by atoms with van der Waals surface area (Å²) in [5.74, 6) is -1.33. The van der Waals surface area contributed by atoms with Crippen molar-refractivity contribution in [2.24, 2.45) is 0 Å². The Hall–Kier alpha value is -4.31. The van der Waals surface area contributed by atoms with Crippen molar-refractivity contribution in [2.75, 3.05) is 45.2 Å². The van der Waals surface area contributed by atoms with Crippen molar-refractivity contribution in [1.29, 1.82) is 0 Å². The molecule has 0 spiro atoms. The molecule has 1 aromatic rings. The summed E-state index contributed by atoms with van der Waals surface area (Å²) in [7, 11) is 3.25. The molecule has 9 nitrogen and oxygen atoms in total. The predicted octanol–water partition coefficient (Wildman–Crippen LogP) is 6.29. The number of fused-ring (bicyclic) bond motifs is 2. The van der Waals surface area contributed by atoms with Gasteiger partial charge in [-0.15, -0.1) is 24.6 Å². The summed E-state index contributed by atoms with van der Waals surface area (Å²) in [5, 5.41) is 0. The number of methoxy groups -OCH3 is 1. The van der Waals surface area contributed by atoms with Crippen LogP contribution in [0.1, 0.15) is 43.1 Å². The van der Waals surface area contributed by atoms with Crippen LogP contribution in [0.15, 0.2) is 99.8 Å². The molecule has 1 fully saturated rings. The molecule has 0 unspecified atom stereocenters. The molecule has 4 heterocycles. The Balaban J connectivity index is 0.000000231. The van der Waals surface area contributed by atoms with Crippen molar-refractivity contribution >= 4 is 17.7 Å². The van der Waals surface area contributed by atoms with Gasteiger partial charge in [0.15, 0.2) is 17.3 Å². The van der Waals surface area contributed by atoms with E-state index in [2.05, 4.69) is 48.3 Å².